The first-order chi connectivity index (χ1) is 8.11. The third-order valence-corrected chi connectivity index (χ3v) is 4.13. The largest absolute Gasteiger partial charge is 0.207 e. The summed E-state index contributed by atoms with van der Waals surface area (Å²) < 4.78 is 26.9. The lowest BCUT2D eigenvalue weighted by Crippen LogP contribution is -2.15. The molecule has 94 valence electrons. The van der Waals surface area contributed by atoms with E-state index in [1.807, 2.05) is 6.92 Å². The molecule has 1 saturated carbocycles. The van der Waals surface area contributed by atoms with E-state index in [1.54, 1.807) is 0 Å². The van der Waals surface area contributed by atoms with Crippen LogP contribution in [0.4, 0.5) is 8.78 Å². The van der Waals surface area contributed by atoms with Crippen molar-refractivity contribution >= 4 is 0 Å². The van der Waals surface area contributed by atoms with Crippen LogP contribution in [0.2, 0.25) is 0 Å². The van der Waals surface area contributed by atoms with Crippen LogP contribution in [0, 0.1) is 24.5 Å². The Morgan fingerprint density at radius 3 is 2.29 bits per heavy atom. The summed E-state index contributed by atoms with van der Waals surface area (Å²) in [6.45, 7) is 4.03. The van der Waals surface area contributed by atoms with Crippen molar-refractivity contribution in [2.75, 3.05) is 0 Å². The zero-order valence-corrected chi connectivity index (χ0v) is 10.6. The fraction of sp³-hybridized carbons (Fsp3) is 0.600. The molecule has 0 nitrogen and oxygen atoms in total. The van der Waals surface area contributed by atoms with E-state index in [9.17, 15) is 8.78 Å². The molecular formula is C15H20F2. The third-order valence-electron chi connectivity index (χ3n) is 4.13. The van der Waals surface area contributed by atoms with Crippen LogP contribution in [-0.4, -0.2) is 0 Å². The quantitative estimate of drug-likeness (QED) is 0.683. The lowest BCUT2D eigenvalue weighted by Gasteiger charge is -2.29. The highest BCUT2D eigenvalue weighted by Crippen LogP contribution is 2.39. The first kappa shape index (κ1) is 12.5. The van der Waals surface area contributed by atoms with Crippen molar-refractivity contribution < 1.29 is 8.78 Å². The van der Waals surface area contributed by atoms with Gasteiger partial charge in [-0.2, -0.15) is 0 Å². The topological polar surface area (TPSA) is 0 Å². The second-order valence-electron chi connectivity index (χ2n) is 5.24. The molecule has 0 N–H and O–H groups in total. The first-order valence-electron chi connectivity index (χ1n) is 6.57. The van der Waals surface area contributed by atoms with Crippen LogP contribution >= 0.6 is 0 Å². The fourth-order valence-corrected chi connectivity index (χ4v) is 3.09. The molecule has 0 heterocycles. The Kier molecular flexibility index (Phi) is 3.80. The summed E-state index contributed by atoms with van der Waals surface area (Å²) in [5.74, 6) is 0.266. The maximum Gasteiger partial charge on any atom is 0.129 e. The SMILES string of the molecule is CCC1CCC(c2c(C)cc(F)cc2F)CC1. The third kappa shape index (κ3) is 2.67. The van der Waals surface area contributed by atoms with Gasteiger partial charge in [0.2, 0.25) is 0 Å². The average molecular weight is 238 g/mol. The summed E-state index contributed by atoms with van der Waals surface area (Å²) >= 11 is 0. The van der Waals surface area contributed by atoms with Gasteiger partial charge in [0.05, 0.1) is 0 Å². The fourth-order valence-electron chi connectivity index (χ4n) is 3.09. The van der Waals surface area contributed by atoms with Gasteiger partial charge in [0, 0.05) is 6.07 Å². The minimum Gasteiger partial charge on any atom is -0.207 e. The van der Waals surface area contributed by atoms with E-state index >= 15 is 0 Å². The highest BCUT2D eigenvalue weighted by atomic mass is 19.1. The van der Waals surface area contributed by atoms with Gasteiger partial charge in [-0.15, -0.1) is 0 Å². The highest BCUT2D eigenvalue weighted by molar-refractivity contribution is 5.31. The molecule has 0 radical (unpaired) electrons. The molecule has 1 aromatic rings. The second-order valence-corrected chi connectivity index (χ2v) is 5.24. The Labute approximate surface area is 102 Å². The molecule has 1 aromatic carbocycles. The summed E-state index contributed by atoms with van der Waals surface area (Å²) in [7, 11) is 0. The number of aryl methyl sites for hydroxylation is 1. The lowest BCUT2D eigenvalue weighted by molar-refractivity contribution is 0.313. The van der Waals surface area contributed by atoms with Crippen LogP contribution in [0.3, 0.4) is 0 Å². The Morgan fingerprint density at radius 2 is 1.76 bits per heavy atom. The summed E-state index contributed by atoms with van der Waals surface area (Å²) in [6, 6.07) is 2.47. The molecule has 0 aromatic heterocycles. The second kappa shape index (κ2) is 5.16. The first-order valence-corrected chi connectivity index (χ1v) is 6.57. The molecule has 1 aliphatic rings. The van der Waals surface area contributed by atoms with Gasteiger partial charge in [0.1, 0.15) is 11.6 Å². The standard InChI is InChI=1S/C15H20F2/c1-3-11-4-6-12(7-5-11)15-10(2)8-13(16)9-14(15)17/h8-9,11-12H,3-7H2,1-2H3. The monoisotopic (exact) mass is 238 g/mol. The normalized spacial score (nSPS) is 24.9. The molecule has 0 atom stereocenters. The number of benzene rings is 1. The van der Waals surface area contributed by atoms with Crippen molar-refractivity contribution in [1.29, 1.82) is 0 Å². The lowest BCUT2D eigenvalue weighted by atomic mass is 9.76. The maximum atomic E-state index is 13.8. The molecule has 0 amide bonds. The number of rotatable bonds is 2. The van der Waals surface area contributed by atoms with Gasteiger partial charge in [0.25, 0.3) is 0 Å². The smallest absolute Gasteiger partial charge is 0.129 e. The predicted octanol–water partition coefficient (Wildman–Crippen LogP) is 4.96. The molecule has 0 unspecified atom stereocenters. The van der Waals surface area contributed by atoms with E-state index in [4.69, 9.17) is 0 Å². The zero-order valence-electron chi connectivity index (χ0n) is 10.6. The van der Waals surface area contributed by atoms with Crippen LogP contribution in [0.5, 0.6) is 0 Å². The molecule has 0 saturated heterocycles. The van der Waals surface area contributed by atoms with E-state index < -0.39 is 5.82 Å². The van der Waals surface area contributed by atoms with Crippen molar-refractivity contribution in [3.05, 3.63) is 34.9 Å². The van der Waals surface area contributed by atoms with E-state index in [2.05, 4.69) is 6.92 Å². The number of halogens is 2. The van der Waals surface area contributed by atoms with E-state index in [1.165, 1.54) is 25.3 Å². The average Bonchev–Trinajstić information content (AvgIpc) is 2.28. The van der Waals surface area contributed by atoms with Gasteiger partial charge in [-0.3, -0.25) is 0 Å². The van der Waals surface area contributed by atoms with Gasteiger partial charge in [-0.1, -0.05) is 13.3 Å². The summed E-state index contributed by atoms with van der Waals surface area (Å²) in [4.78, 5) is 0. The Hall–Kier alpha value is -0.920. The van der Waals surface area contributed by atoms with Crippen molar-refractivity contribution in [2.24, 2.45) is 5.92 Å². The minimum atomic E-state index is -0.467. The molecule has 0 bridgehead atoms. The number of hydrogen-bond donors (Lipinski definition) is 0. The van der Waals surface area contributed by atoms with Crippen molar-refractivity contribution in [2.45, 2.75) is 51.9 Å². The molecule has 2 heteroatoms. The summed E-state index contributed by atoms with van der Waals surface area (Å²) in [5, 5.41) is 0. The summed E-state index contributed by atoms with van der Waals surface area (Å²) in [6.07, 6.45) is 5.66. The van der Waals surface area contributed by atoms with Gasteiger partial charge < -0.3 is 0 Å². The predicted molar refractivity (Wildman–Crippen MR) is 66.1 cm³/mol. The van der Waals surface area contributed by atoms with Crippen LogP contribution in [0.1, 0.15) is 56.1 Å². The van der Waals surface area contributed by atoms with Gasteiger partial charge in [-0.25, -0.2) is 8.78 Å². The maximum absolute atomic E-state index is 13.8. The van der Waals surface area contributed by atoms with Gasteiger partial charge in [0.15, 0.2) is 0 Å². The molecule has 1 fully saturated rings. The molecule has 0 aliphatic heterocycles. The van der Waals surface area contributed by atoms with Crippen molar-refractivity contribution in [1.82, 2.24) is 0 Å². The van der Waals surface area contributed by atoms with Gasteiger partial charge in [-0.05, 0) is 61.6 Å². The van der Waals surface area contributed by atoms with Crippen LogP contribution in [0.15, 0.2) is 12.1 Å². The Balaban J connectivity index is 2.18. The molecule has 1 aliphatic carbocycles. The van der Waals surface area contributed by atoms with Crippen LogP contribution < -0.4 is 0 Å². The molecule has 2 rings (SSSR count). The number of hydrogen-bond acceptors (Lipinski definition) is 0. The molecular weight excluding hydrogens is 218 g/mol. The van der Waals surface area contributed by atoms with E-state index in [-0.39, 0.29) is 5.82 Å². The molecule has 0 spiro atoms. The minimum absolute atomic E-state index is 0.290. The van der Waals surface area contributed by atoms with E-state index in [0.29, 0.717) is 5.92 Å². The summed E-state index contributed by atoms with van der Waals surface area (Å²) in [5.41, 5.74) is 1.52. The van der Waals surface area contributed by atoms with Crippen molar-refractivity contribution in [3.63, 3.8) is 0 Å². The Bertz CT molecular complexity index is 367. The van der Waals surface area contributed by atoms with Crippen LogP contribution in [-0.2, 0) is 0 Å². The highest BCUT2D eigenvalue weighted by Gasteiger charge is 2.25. The zero-order chi connectivity index (χ0) is 12.4. The van der Waals surface area contributed by atoms with Crippen LogP contribution in [0.25, 0.3) is 0 Å². The van der Waals surface area contributed by atoms with E-state index in [0.717, 1.165) is 36.0 Å². The molecule has 17 heavy (non-hydrogen) atoms. The Morgan fingerprint density at radius 1 is 1.12 bits per heavy atom. The van der Waals surface area contributed by atoms with Crippen molar-refractivity contribution in [3.8, 4) is 0 Å². The van der Waals surface area contributed by atoms with Gasteiger partial charge >= 0.3 is 0 Å².